The number of carbonyl (C=O) groups excluding carboxylic acids is 2. The van der Waals surface area contributed by atoms with Crippen molar-refractivity contribution in [3.05, 3.63) is 0 Å². The molecular formula is C15H22O6. The van der Waals surface area contributed by atoms with Gasteiger partial charge in [-0.2, -0.15) is 0 Å². The number of hydrogen-bond acceptors (Lipinski definition) is 6. The zero-order valence-electron chi connectivity index (χ0n) is 12.7. The normalized spacial score (nSPS) is 49.1. The Morgan fingerprint density at radius 3 is 2.71 bits per heavy atom. The van der Waals surface area contributed by atoms with E-state index in [-0.39, 0.29) is 17.6 Å². The van der Waals surface area contributed by atoms with Crippen LogP contribution in [0.5, 0.6) is 0 Å². The molecule has 1 spiro atoms. The SMILES string of the molecule is CC(=O)C1CC[C@@H](C)[C@@H]2CC[C@@]3(C)OO[C@@]12[C@H](OC=O)O3. The summed E-state index contributed by atoms with van der Waals surface area (Å²) in [5.41, 5.74) is -1.03. The van der Waals surface area contributed by atoms with Gasteiger partial charge in [-0.1, -0.05) is 6.92 Å². The lowest BCUT2D eigenvalue weighted by Crippen LogP contribution is -2.66. The Balaban J connectivity index is 2.08. The van der Waals surface area contributed by atoms with Crippen LogP contribution in [0.1, 0.15) is 46.5 Å². The number of ether oxygens (including phenoxy) is 2. The third-order valence-electron chi connectivity index (χ3n) is 5.39. The summed E-state index contributed by atoms with van der Waals surface area (Å²) in [6, 6.07) is 0. The lowest BCUT2D eigenvalue weighted by atomic mass is 9.61. The third-order valence-corrected chi connectivity index (χ3v) is 5.39. The van der Waals surface area contributed by atoms with E-state index in [2.05, 4.69) is 6.92 Å². The zero-order chi connectivity index (χ0) is 15.3. The largest absolute Gasteiger partial charge is 0.434 e. The Morgan fingerprint density at radius 2 is 2.05 bits per heavy atom. The van der Waals surface area contributed by atoms with Crippen LogP contribution in [0.25, 0.3) is 0 Å². The van der Waals surface area contributed by atoms with Gasteiger partial charge in [0.25, 0.3) is 6.47 Å². The Kier molecular flexibility index (Phi) is 3.58. The van der Waals surface area contributed by atoms with Crippen LogP contribution in [0.3, 0.4) is 0 Å². The molecule has 0 N–H and O–H groups in total. The Morgan fingerprint density at radius 1 is 1.29 bits per heavy atom. The van der Waals surface area contributed by atoms with Crippen LogP contribution in [0.4, 0.5) is 0 Å². The van der Waals surface area contributed by atoms with Crippen LogP contribution in [-0.4, -0.2) is 29.9 Å². The van der Waals surface area contributed by atoms with Crippen molar-refractivity contribution in [2.45, 2.75) is 64.1 Å². The molecule has 21 heavy (non-hydrogen) atoms. The second-order valence-corrected chi connectivity index (χ2v) is 6.70. The van der Waals surface area contributed by atoms with Crippen molar-refractivity contribution >= 4 is 12.3 Å². The molecule has 4 aliphatic rings. The molecule has 0 aromatic rings. The van der Waals surface area contributed by atoms with E-state index in [9.17, 15) is 9.59 Å². The predicted octanol–water partition coefficient (Wildman–Crippen LogP) is 1.96. The van der Waals surface area contributed by atoms with Crippen molar-refractivity contribution < 1.29 is 28.8 Å². The minimum absolute atomic E-state index is 0.0177. The van der Waals surface area contributed by atoms with Gasteiger partial charge in [0.2, 0.25) is 12.1 Å². The summed E-state index contributed by atoms with van der Waals surface area (Å²) in [4.78, 5) is 34.3. The van der Waals surface area contributed by atoms with Crippen molar-refractivity contribution in [2.24, 2.45) is 17.8 Å². The summed E-state index contributed by atoms with van der Waals surface area (Å²) in [5, 5.41) is 0. The Labute approximate surface area is 124 Å². The molecular weight excluding hydrogens is 276 g/mol. The van der Waals surface area contributed by atoms with Crippen LogP contribution in [0.15, 0.2) is 0 Å². The van der Waals surface area contributed by atoms with Gasteiger partial charge in [-0.3, -0.25) is 9.59 Å². The molecule has 4 rings (SSSR count). The number of hydrogen-bond donors (Lipinski definition) is 0. The summed E-state index contributed by atoms with van der Waals surface area (Å²) in [5.74, 6) is -0.882. The van der Waals surface area contributed by atoms with E-state index in [0.29, 0.717) is 25.2 Å². The lowest BCUT2D eigenvalue weighted by molar-refractivity contribution is -0.550. The highest BCUT2D eigenvalue weighted by molar-refractivity contribution is 5.80. The number of rotatable bonds is 3. The van der Waals surface area contributed by atoms with Gasteiger partial charge in [-0.25, -0.2) is 9.78 Å². The van der Waals surface area contributed by atoms with Gasteiger partial charge in [0.1, 0.15) is 5.78 Å². The number of carbonyl (C=O) groups is 2. The summed E-state index contributed by atoms with van der Waals surface area (Å²) >= 11 is 0. The first-order valence-electron chi connectivity index (χ1n) is 7.57. The van der Waals surface area contributed by atoms with Crippen molar-refractivity contribution in [1.82, 2.24) is 0 Å². The van der Waals surface area contributed by atoms with Crippen LogP contribution in [0, 0.1) is 17.8 Å². The molecule has 4 fully saturated rings. The smallest absolute Gasteiger partial charge is 0.295 e. The second kappa shape index (κ2) is 5.04. The number of fused-ring (bicyclic) bond motifs is 3. The summed E-state index contributed by atoms with van der Waals surface area (Å²) in [6.07, 6.45) is 2.20. The predicted molar refractivity (Wildman–Crippen MR) is 70.6 cm³/mol. The van der Waals surface area contributed by atoms with E-state index in [1.165, 1.54) is 0 Å². The monoisotopic (exact) mass is 298 g/mol. The molecule has 0 aromatic carbocycles. The molecule has 1 unspecified atom stereocenters. The van der Waals surface area contributed by atoms with Crippen molar-refractivity contribution in [3.63, 3.8) is 0 Å². The maximum Gasteiger partial charge on any atom is 0.295 e. The van der Waals surface area contributed by atoms with E-state index in [1.807, 2.05) is 0 Å². The highest BCUT2D eigenvalue weighted by Gasteiger charge is 2.67. The maximum absolute atomic E-state index is 12.1. The minimum atomic E-state index is -1.03. The molecule has 118 valence electrons. The fourth-order valence-corrected chi connectivity index (χ4v) is 4.29. The van der Waals surface area contributed by atoms with Crippen LogP contribution in [-0.2, 0) is 28.8 Å². The first-order chi connectivity index (χ1) is 9.93. The molecule has 6 atom stereocenters. The minimum Gasteiger partial charge on any atom is -0.434 e. The first kappa shape index (κ1) is 14.9. The fraction of sp³-hybridized carbons (Fsp3) is 0.867. The van der Waals surface area contributed by atoms with Gasteiger partial charge in [0, 0.05) is 12.3 Å². The average molecular weight is 298 g/mol. The molecule has 0 radical (unpaired) electrons. The Hall–Kier alpha value is -0.980. The lowest BCUT2D eigenvalue weighted by Gasteiger charge is -2.53. The third kappa shape index (κ3) is 2.12. The molecule has 6 heteroatoms. The first-order valence-corrected chi connectivity index (χ1v) is 7.57. The zero-order valence-corrected chi connectivity index (χ0v) is 12.7. The molecule has 3 saturated heterocycles. The van der Waals surface area contributed by atoms with Crippen LogP contribution < -0.4 is 0 Å². The average Bonchev–Trinajstić information content (AvgIpc) is 2.65. The molecule has 1 aliphatic carbocycles. The van der Waals surface area contributed by atoms with Crippen molar-refractivity contribution in [3.8, 4) is 0 Å². The standard InChI is InChI=1S/C15H22O6/c1-9-4-5-12(10(2)17)15-11(9)6-7-14(3,20-21-15)19-13(15)18-8-16/h8-9,11-13H,4-7H2,1-3H3/t9-,11+,12?,13-,14-,15-/m1/s1. The fourth-order valence-electron chi connectivity index (χ4n) is 4.29. The summed E-state index contributed by atoms with van der Waals surface area (Å²) < 4.78 is 11.1. The van der Waals surface area contributed by atoms with Crippen LogP contribution >= 0.6 is 0 Å². The molecule has 0 amide bonds. The molecule has 3 aliphatic heterocycles. The van der Waals surface area contributed by atoms with E-state index < -0.39 is 17.7 Å². The highest BCUT2D eigenvalue weighted by atomic mass is 17.3. The molecule has 6 nitrogen and oxygen atoms in total. The van der Waals surface area contributed by atoms with Crippen molar-refractivity contribution in [2.75, 3.05) is 0 Å². The van der Waals surface area contributed by atoms with Gasteiger partial charge < -0.3 is 9.47 Å². The van der Waals surface area contributed by atoms with E-state index in [1.54, 1.807) is 13.8 Å². The maximum atomic E-state index is 12.1. The van der Waals surface area contributed by atoms with Gasteiger partial charge >= 0.3 is 0 Å². The topological polar surface area (TPSA) is 71.1 Å². The quantitative estimate of drug-likeness (QED) is 0.586. The van der Waals surface area contributed by atoms with Gasteiger partial charge in [0.15, 0.2) is 5.60 Å². The Bertz CT molecular complexity index is 451. The van der Waals surface area contributed by atoms with Crippen LogP contribution in [0.2, 0.25) is 0 Å². The molecule has 2 bridgehead atoms. The number of ketones is 1. The van der Waals surface area contributed by atoms with E-state index >= 15 is 0 Å². The van der Waals surface area contributed by atoms with Crippen molar-refractivity contribution in [1.29, 1.82) is 0 Å². The molecule has 0 aromatic heterocycles. The molecule has 3 heterocycles. The highest BCUT2D eigenvalue weighted by Crippen LogP contribution is 2.56. The van der Waals surface area contributed by atoms with Gasteiger partial charge in [0.05, 0.1) is 5.92 Å². The number of Topliss-reactive ketones (excluding diaryl/α,β-unsaturated/α-hetero) is 1. The van der Waals surface area contributed by atoms with Gasteiger partial charge in [-0.15, -0.1) is 0 Å². The summed E-state index contributed by atoms with van der Waals surface area (Å²) in [7, 11) is 0. The summed E-state index contributed by atoms with van der Waals surface area (Å²) in [6.45, 7) is 5.82. The van der Waals surface area contributed by atoms with Gasteiger partial charge in [-0.05, 0) is 39.0 Å². The van der Waals surface area contributed by atoms with E-state index in [0.717, 1.165) is 12.8 Å². The molecule has 1 saturated carbocycles. The second-order valence-electron chi connectivity index (χ2n) is 6.70. The van der Waals surface area contributed by atoms with E-state index in [4.69, 9.17) is 19.2 Å².